The Morgan fingerprint density at radius 2 is 1.71 bits per heavy atom. The van der Waals surface area contributed by atoms with Crippen molar-refractivity contribution >= 4 is 23.2 Å². The van der Waals surface area contributed by atoms with Gasteiger partial charge in [-0.25, -0.2) is 4.98 Å². The normalized spacial score (nSPS) is 11.3. The summed E-state index contributed by atoms with van der Waals surface area (Å²) in [6, 6.07) is 6.49. The van der Waals surface area contributed by atoms with Gasteiger partial charge in [0.25, 0.3) is 0 Å². The van der Waals surface area contributed by atoms with Crippen molar-refractivity contribution in [2.75, 3.05) is 0 Å². The lowest BCUT2D eigenvalue weighted by molar-refractivity contribution is -0.274. The highest BCUT2D eigenvalue weighted by atomic mass is 35.5. The van der Waals surface area contributed by atoms with E-state index in [0.717, 1.165) is 12.1 Å². The average Bonchev–Trinajstić information content (AvgIpc) is 2.41. The zero-order valence-corrected chi connectivity index (χ0v) is 11.8. The van der Waals surface area contributed by atoms with Crippen molar-refractivity contribution in [2.45, 2.75) is 12.2 Å². The third kappa shape index (κ3) is 4.68. The van der Waals surface area contributed by atoms with E-state index in [0.29, 0.717) is 16.3 Å². The molecule has 0 atom stereocenters. The fourth-order valence-electron chi connectivity index (χ4n) is 1.45. The summed E-state index contributed by atoms with van der Waals surface area (Å²) in [6.45, 7) is 0. The summed E-state index contributed by atoms with van der Waals surface area (Å²) in [7, 11) is 0. The van der Waals surface area contributed by atoms with Crippen molar-refractivity contribution in [2.24, 2.45) is 0 Å². The quantitative estimate of drug-likeness (QED) is 0.721. The zero-order chi connectivity index (χ0) is 15.5. The molecule has 0 amide bonds. The number of hydrogen-bond acceptors (Lipinski definition) is 3. The van der Waals surface area contributed by atoms with Gasteiger partial charge in [-0.2, -0.15) is 0 Å². The highest BCUT2D eigenvalue weighted by Gasteiger charge is 2.30. The van der Waals surface area contributed by atoms with E-state index in [2.05, 4.69) is 9.72 Å². The molecule has 0 aliphatic heterocycles. The average molecular weight is 338 g/mol. The molecule has 0 radical (unpaired) electrons. The number of nitrogens with zero attached hydrogens (tertiary/aromatic N) is 1. The molecular formula is C13H8Cl2F3NO2. The van der Waals surface area contributed by atoms with Gasteiger partial charge in [0.15, 0.2) is 0 Å². The zero-order valence-electron chi connectivity index (χ0n) is 10.3. The first-order chi connectivity index (χ1) is 9.87. The number of ether oxygens (including phenoxy) is 2. The summed E-state index contributed by atoms with van der Waals surface area (Å²) >= 11 is 11.6. The molecule has 8 heteroatoms. The smallest absolute Gasteiger partial charge is 0.439 e. The molecule has 0 saturated heterocycles. The highest BCUT2D eigenvalue weighted by Crippen LogP contribution is 2.28. The number of hydrogen-bond donors (Lipinski definition) is 0. The maximum Gasteiger partial charge on any atom is 0.573 e. The van der Waals surface area contributed by atoms with Crippen LogP contribution >= 0.6 is 23.2 Å². The summed E-state index contributed by atoms with van der Waals surface area (Å²) in [4.78, 5) is 3.94. The van der Waals surface area contributed by atoms with Crippen LogP contribution in [0.4, 0.5) is 13.2 Å². The Hall–Kier alpha value is -1.66. The molecule has 2 aromatic rings. The van der Waals surface area contributed by atoms with Gasteiger partial charge in [-0.1, -0.05) is 11.6 Å². The molecule has 0 aliphatic rings. The lowest BCUT2D eigenvalue weighted by Gasteiger charge is -2.10. The van der Waals surface area contributed by atoms with Crippen LogP contribution in [0.5, 0.6) is 17.4 Å². The van der Waals surface area contributed by atoms with Crippen LogP contribution in [0.2, 0.25) is 5.02 Å². The van der Waals surface area contributed by atoms with Crippen molar-refractivity contribution in [3.8, 4) is 17.4 Å². The van der Waals surface area contributed by atoms with Gasteiger partial charge in [-0.05, 0) is 29.8 Å². The largest absolute Gasteiger partial charge is 0.573 e. The minimum atomic E-state index is -4.73. The van der Waals surface area contributed by atoms with Gasteiger partial charge in [-0.15, -0.1) is 24.8 Å². The molecule has 0 fully saturated rings. The second kappa shape index (κ2) is 6.41. The molecule has 1 aromatic carbocycles. The van der Waals surface area contributed by atoms with Crippen molar-refractivity contribution < 1.29 is 22.6 Å². The predicted molar refractivity (Wildman–Crippen MR) is 72.0 cm³/mol. The van der Waals surface area contributed by atoms with Crippen LogP contribution in [0.15, 0.2) is 36.5 Å². The maximum absolute atomic E-state index is 12.0. The molecule has 21 heavy (non-hydrogen) atoms. The monoisotopic (exact) mass is 337 g/mol. The summed E-state index contributed by atoms with van der Waals surface area (Å²) in [5.74, 6) is 0.399. The number of pyridine rings is 1. The van der Waals surface area contributed by atoms with E-state index < -0.39 is 6.36 Å². The maximum atomic E-state index is 12.0. The van der Waals surface area contributed by atoms with Gasteiger partial charge in [0.2, 0.25) is 5.88 Å². The van der Waals surface area contributed by atoms with E-state index >= 15 is 0 Å². The fourth-order valence-corrected chi connectivity index (χ4v) is 1.91. The second-order valence-electron chi connectivity index (χ2n) is 3.87. The van der Waals surface area contributed by atoms with E-state index in [4.69, 9.17) is 27.9 Å². The number of benzene rings is 1. The molecule has 0 spiro atoms. The summed E-state index contributed by atoms with van der Waals surface area (Å²) in [5.41, 5.74) is 0.639. The number of alkyl halides is 4. The summed E-state index contributed by atoms with van der Waals surface area (Å²) in [6.07, 6.45) is -3.34. The topological polar surface area (TPSA) is 31.4 Å². The van der Waals surface area contributed by atoms with Gasteiger partial charge in [0.1, 0.15) is 11.5 Å². The van der Waals surface area contributed by atoms with Crippen LogP contribution in [-0.4, -0.2) is 11.3 Å². The predicted octanol–water partition coefficient (Wildman–Crippen LogP) is 5.16. The Balaban J connectivity index is 2.10. The van der Waals surface area contributed by atoms with Crippen LogP contribution < -0.4 is 9.47 Å². The molecule has 0 N–H and O–H groups in total. The first-order valence-corrected chi connectivity index (χ1v) is 6.52. The third-order valence-corrected chi connectivity index (χ3v) is 2.96. The standard InChI is InChI=1S/C13H8Cl2F3NO2/c14-6-8-5-12(19-7-11(8)15)20-9-1-3-10(4-2-9)21-13(16,17)18/h1-5,7H,6H2. The van der Waals surface area contributed by atoms with Crippen LogP contribution in [0, 0.1) is 0 Å². The summed E-state index contributed by atoms with van der Waals surface area (Å²) < 4.78 is 45.2. The van der Waals surface area contributed by atoms with E-state index in [-0.39, 0.29) is 17.5 Å². The lowest BCUT2D eigenvalue weighted by Crippen LogP contribution is -2.16. The lowest BCUT2D eigenvalue weighted by atomic mass is 10.3. The summed E-state index contributed by atoms with van der Waals surface area (Å²) in [5, 5.41) is 0.409. The molecule has 0 bridgehead atoms. The number of aromatic nitrogens is 1. The van der Waals surface area contributed by atoms with Crippen molar-refractivity contribution in [3.05, 3.63) is 47.1 Å². The van der Waals surface area contributed by atoms with Crippen molar-refractivity contribution in [1.29, 1.82) is 0 Å². The number of rotatable bonds is 4. The van der Waals surface area contributed by atoms with Crippen LogP contribution in [0.3, 0.4) is 0 Å². The Labute approximate surface area is 128 Å². The second-order valence-corrected chi connectivity index (χ2v) is 4.54. The van der Waals surface area contributed by atoms with Crippen molar-refractivity contribution in [1.82, 2.24) is 4.98 Å². The van der Waals surface area contributed by atoms with Crippen LogP contribution in [-0.2, 0) is 5.88 Å². The van der Waals surface area contributed by atoms with Crippen LogP contribution in [0.1, 0.15) is 5.56 Å². The van der Waals surface area contributed by atoms with Gasteiger partial charge in [-0.3, -0.25) is 0 Å². The Kier molecular flexibility index (Phi) is 4.80. The Bertz CT molecular complexity index is 618. The minimum absolute atomic E-state index is 0.191. The molecule has 0 unspecified atom stereocenters. The van der Waals surface area contributed by atoms with Gasteiger partial charge >= 0.3 is 6.36 Å². The molecule has 2 rings (SSSR count). The van der Waals surface area contributed by atoms with E-state index in [1.807, 2.05) is 0 Å². The Morgan fingerprint density at radius 3 is 2.29 bits per heavy atom. The van der Waals surface area contributed by atoms with Crippen LogP contribution in [0.25, 0.3) is 0 Å². The van der Waals surface area contributed by atoms with Gasteiger partial charge in [0.05, 0.1) is 5.02 Å². The Morgan fingerprint density at radius 1 is 1.10 bits per heavy atom. The molecule has 1 heterocycles. The fraction of sp³-hybridized carbons (Fsp3) is 0.154. The molecule has 0 saturated carbocycles. The third-order valence-electron chi connectivity index (χ3n) is 2.33. The van der Waals surface area contributed by atoms with Gasteiger partial charge < -0.3 is 9.47 Å². The molecule has 112 valence electrons. The van der Waals surface area contributed by atoms with Crippen molar-refractivity contribution in [3.63, 3.8) is 0 Å². The molecular weight excluding hydrogens is 330 g/mol. The van der Waals surface area contributed by atoms with E-state index in [9.17, 15) is 13.2 Å². The number of halogens is 5. The molecule has 0 aliphatic carbocycles. The highest BCUT2D eigenvalue weighted by molar-refractivity contribution is 6.32. The first-order valence-electron chi connectivity index (χ1n) is 5.61. The molecule has 1 aromatic heterocycles. The van der Waals surface area contributed by atoms with E-state index in [1.54, 1.807) is 6.07 Å². The SMILES string of the molecule is FC(F)(F)Oc1ccc(Oc2cc(CCl)c(Cl)cn2)cc1. The molecule has 3 nitrogen and oxygen atoms in total. The minimum Gasteiger partial charge on any atom is -0.439 e. The van der Waals surface area contributed by atoms with Gasteiger partial charge in [0, 0.05) is 18.1 Å². The first kappa shape index (κ1) is 15.7. The van der Waals surface area contributed by atoms with E-state index in [1.165, 1.54) is 18.3 Å².